The van der Waals surface area contributed by atoms with Crippen LogP contribution in [0.15, 0.2) is 41.0 Å². The van der Waals surface area contributed by atoms with Crippen molar-refractivity contribution in [3.8, 4) is 0 Å². The van der Waals surface area contributed by atoms with Crippen molar-refractivity contribution in [3.63, 3.8) is 0 Å². The Morgan fingerprint density at radius 1 is 1.27 bits per heavy atom. The van der Waals surface area contributed by atoms with Gasteiger partial charge in [-0.15, -0.1) is 0 Å². The highest BCUT2D eigenvalue weighted by Gasteiger charge is 2.57. The van der Waals surface area contributed by atoms with Gasteiger partial charge in [-0.05, 0) is 23.6 Å². The zero-order chi connectivity index (χ0) is 18.9. The molecule has 3 unspecified atom stereocenters. The Hall–Kier alpha value is -2.42. The fraction of sp³-hybridized carbons (Fsp3) is 0.412. The summed E-state index contributed by atoms with van der Waals surface area (Å²) in [5.74, 6) is -2.20. The van der Waals surface area contributed by atoms with Gasteiger partial charge in [0.05, 0.1) is 5.92 Å². The maximum Gasteiger partial charge on any atom is 0.408 e. The monoisotopic (exact) mass is 371 g/mol. The lowest BCUT2D eigenvalue weighted by Gasteiger charge is -2.17. The molecule has 1 saturated carbocycles. The molecule has 1 heterocycles. The molecule has 3 N–H and O–H groups in total. The maximum absolute atomic E-state index is 14.1. The third-order valence-electron chi connectivity index (χ3n) is 4.65. The summed E-state index contributed by atoms with van der Waals surface area (Å²) in [5, 5.41) is 11.7. The van der Waals surface area contributed by atoms with Crippen molar-refractivity contribution >= 4 is 11.7 Å². The van der Waals surface area contributed by atoms with Gasteiger partial charge in [-0.25, -0.2) is 9.87 Å². The van der Waals surface area contributed by atoms with E-state index in [1.54, 1.807) is 23.7 Å². The Morgan fingerprint density at radius 2 is 2.00 bits per heavy atom. The standard InChI is InChI=1S/C17H17F4N3O2/c18-11-4-2-1-3-10(11)14-13(15(14)16(25)24-26)9-5-6-12(22-7-9)23-8-17(19,20)21/h1-4,7,13-15,26H,5-6,8H2,(H,22,23)(H,24,25). The molecule has 0 bridgehead atoms. The van der Waals surface area contributed by atoms with Crippen molar-refractivity contribution in [2.75, 3.05) is 6.54 Å². The van der Waals surface area contributed by atoms with E-state index >= 15 is 0 Å². The normalized spacial score (nSPS) is 26.9. The second-order valence-corrected chi connectivity index (χ2v) is 6.32. The highest BCUT2D eigenvalue weighted by atomic mass is 19.4. The quantitative estimate of drug-likeness (QED) is 0.433. The van der Waals surface area contributed by atoms with Gasteiger partial charge in [-0.1, -0.05) is 18.2 Å². The molecule has 0 aromatic heterocycles. The van der Waals surface area contributed by atoms with Crippen LogP contribution in [-0.4, -0.2) is 29.7 Å². The summed E-state index contributed by atoms with van der Waals surface area (Å²) in [6, 6.07) is 6.10. The van der Waals surface area contributed by atoms with E-state index in [0.717, 1.165) is 5.57 Å². The predicted molar refractivity (Wildman–Crippen MR) is 84.9 cm³/mol. The molecule has 140 valence electrons. The summed E-state index contributed by atoms with van der Waals surface area (Å²) in [6.45, 7) is -1.25. The molecule has 1 amide bonds. The van der Waals surface area contributed by atoms with Crippen LogP contribution < -0.4 is 10.8 Å². The number of aliphatic imine (C=N–C) groups is 1. The number of rotatable bonds is 4. The van der Waals surface area contributed by atoms with E-state index in [4.69, 9.17) is 5.21 Å². The minimum atomic E-state index is -4.37. The van der Waals surface area contributed by atoms with Crippen LogP contribution >= 0.6 is 0 Å². The third kappa shape index (κ3) is 3.87. The first-order valence-electron chi connectivity index (χ1n) is 8.05. The Morgan fingerprint density at radius 3 is 2.58 bits per heavy atom. The van der Waals surface area contributed by atoms with E-state index in [1.165, 1.54) is 12.3 Å². The fourth-order valence-corrected chi connectivity index (χ4v) is 3.46. The molecular weight excluding hydrogens is 354 g/mol. The maximum atomic E-state index is 14.1. The Labute approximate surface area is 146 Å². The van der Waals surface area contributed by atoms with Crippen LogP contribution in [0.1, 0.15) is 24.3 Å². The van der Waals surface area contributed by atoms with Crippen molar-refractivity contribution in [1.82, 2.24) is 10.8 Å². The number of amides is 1. The number of carbonyl (C=O) groups is 1. The number of hydroxylamine groups is 1. The number of nitrogens with zero attached hydrogens (tertiary/aromatic N) is 1. The Kier molecular flexibility index (Phi) is 4.99. The molecule has 3 rings (SSSR count). The summed E-state index contributed by atoms with van der Waals surface area (Å²) in [5.41, 5.74) is 2.77. The molecule has 1 fully saturated rings. The third-order valence-corrected chi connectivity index (χ3v) is 4.65. The van der Waals surface area contributed by atoms with Crippen LogP contribution in [0, 0.1) is 17.7 Å². The molecule has 1 aromatic carbocycles. The van der Waals surface area contributed by atoms with E-state index in [2.05, 4.69) is 10.3 Å². The zero-order valence-corrected chi connectivity index (χ0v) is 13.6. The van der Waals surface area contributed by atoms with Gasteiger partial charge in [0.1, 0.15) is 18.2 Å². The average molecular weight is 371 g/mol. The molecule has 5 nitrogen and oxygen atoms in total. The molecule has 1 aliphatic carbocycles. The van der Waals surface area contributed by atoms with E-state index < -0.39 is 36.3 Å². The van der Waals surface area contributed by atoms with E-state index in [1.807, 2.05) is 0 Å². The second kappa shape index (κ2) is 7.06. The van der Waals surface area contributed by atoms with Gasteiger partial charge < -0.3 is 5.32 Å². The van der Waals surface area contributed by atoms with Crippen LogP contribution in [-0.2, 0) is 4.79 Å². The van der Waals surface area contributed by atoms with Crippen LogP contribution in [0.5, 0.6) is 0 Å². The summed E-state index contributed by atoms with van der Waals surface area (Å²) in [6.07, 6.45) is -2.15. The van der Waals surface area contributed by atoms with Crippen LogP contribution in [0.4, 0.5) is 17.6 Å². The number of benzene rings is 1. The van der Waals surface area contributed by atoms with Crippen molar-refractivity contribution in [3.05, 3.63) is 47.4 Å². The molecular formula is C17H17F4N3O2. The number of hydrogen-bond acceptors (Lipinski definition) is 3. The van der Waals surface area contributed by atoms with Crippen LogP contribution in [0.25, 0.3) is 0 Å². The lowest BCUT2D eigenvalue weighted by Crippen LogP contribution is -2.26. The van der Waals surface area contributed by atoms with E-state index in [-0.39, 0.29) is 18.2 Å². The summed E-state index contributed by atoms with van der Waals surface area (Å²) >= 11 is 0. The van der Waals surface area contributed by atoms with Gasteiger partial charge in [0.15, 0.2) is 0 Å². The Balaban J connectivity index is 1.76. The van der Waals surface area contributed by atoms with Crippen molar-refractivity contribution < 1.29 is 27.6 Å². The first-order valence-corrected chi connectivity index (χ1v) is 8.05. The van der Waals surface area contributed by atoms with Crippen molar-refractivity contribution in [2.24, 2.45) is 16.8 Å². The van der Waals surface area contributed by atoms with Crippen molar-refractivity contribution in [2.45, 2.75) is 24.9 Å². The van der Waals surface area contributed by atoms with Gasteiger partial charge in [-0.3, -0.25) is 15.0 Å². The minimum absolute atomic E-state index is 0.220. The summed E-state index contributed by atoms with van der Waals surface area (Å²) < 4.78 is 50.8. The van der Waals surface area contributed by atoms with E-state index in [9.17, 15) is 22.4 Å². The van der Waals surface area contributed by atoms with Crippen molar-refractivity contribution in [1.29, 1.82) is 0 Å². The molecule has 0 saturated heterocycles. The van der Waals surface area contributed by atoms with Crippen LogP contribution in [0.2, 0.25) is 0 Å². The number of halogens is 4. The average Bonchev–Trinajstić information content (AvgIpc) is 3.35. The number of nitrogens with one attached hydrogen (secondary N) is 2. The lowest BCUT2D eigenvalue weighted by atomic mass is 9.99. The molecule has 26 heavy (non-hydrogen) atoms. The van der Waals surface area contributed by atoms with Gasteiger partial charge in [-0.2, -0.15) is 13.2 Å². The number of carbonyl (C=O) groups excluding carboxylic acids is 1. The minimum Gasteiger partial charge on any atom is -0.350 e. The Bertz CT molecular complexity index is 761. The molecule has 1 aromatic rings. The van der Waals surface area contributed by atoms with Gasteiger partial charge in [0, 0.05) is 24.5 Å². The topological polar surface area (TPSA) is 73.7 Å². The number of allylic oxidation sites excluding steroid dienone is 1. The van der Waals surface area contributed by atoms with Gasteiger partial charge >= 0.3 is 6.18 Å². The van der Waals surface area contributed by atoms with Gasteiger partial charge in [0.2, 0.25) is 5.91 Å². The first kappa shape index (κ1) is 18.4. The van der Waals surface area contributed by atoms with Crippen LogP contribution in [0.3, 0.4) is 0 Å². The largest absolute Gasteiger partial charge is 0.408 e. The second-order valence-electron chi connectivity index (χ2n) is 6.32. The highest BCUT2D eigenvalue weighted by molar-refractivity contribution is 5.86. The summed E-state index contributed by atoms with van der Waals surface area (Å²) in [4.78, 5) is 15.4. The molecule has 0 radical (unpaired) electrons. The zero-order valence-electron chi connectivity index (χ0n) is 13.6. The number of amidine groups is 1. The number of alkyl halides is 3. The van der Waals surface area contributed by atoms with Gasteiger partial charge in [0.25, 0.3) is 0 Å². The SMILES string of the molecule is O=C(NO)C1C(C2=CNC(=NCC(F)(F)F)CC2)C1c1ccccc1F. The highest BCUT2D eigenvalue weighted by Crippen LogP contribution is 2.59. The predicted octanol–water partition coefficient (Wildman–Crippen LogP) is 2.89. The number of hydrogen-bond donors (Lipinski definition) is 3. The molecule has 2 aliphatic rings. The lowest BCUT2D eigenvalue weighted by molar-refractivity contribution is -0.130. The fourth-order valence-electron chi connectivity index (χ4n) is 3.46. The molecule has 3 atom stereocenters. The van der Waals surface area contributed by atoms with E-state index in [0.29, 0.717) is 12.0 Å². The first-order chi connectivity index (χ1) is 12.3. The molecule has 9 heteroatoms. The molecule has 0 spiro atoms. The smallest absolute Gasteiger partial charge is 0.350 e. The molecule has 1 aliphatic heterocycles. The summed E-state index contributed by atoms with van der Waals surface area (Å²) in [7, 11) is 0.